The minimum atomic E-state index is -4.59. The molecule has 0 saturated carbocycles. The lowest BCUT2D eigenvalue weighted by Crippen LogP contribution is -2.43. The number of anilines is 2. The Morgan fingerprint density at radius 1 is 0.977 bits per heavy atom. The Balaban J connectivity index is 1.49. The number of carbonyl (C=O) groups is 2. The number of alkyl halides is 3. The van der Waals surface area contributed by atoms with Crippen LogP contribution < -0.4 is 26.0 Å². The molecule has 0 aliphatic carbocycles. The maximum atomic E-state index is 13.9. The first kappa shape index (κ1) is 31.3. The van der Waals surface area contributed by atoms with Crippen LogP contribution in [0.2, 0.25) is 0 Å². The Morgan fingerprint density at radius 2 is 1.70 bits per heavy atom. The lowest BCUT2D eigenvalue weighted by Gasteiger charge is -2.28. The normalized spacial score (nSPS) is 14.1. The SMILES string of the molecule is CN/C=C(\C=N)c1ccc(C(=O)Nc2cccc(C(=O)Nc3ccc(CN4CCNCC4)c(C(F)(F)F)c3)c2)c(OC)c1. The summed E-state index contributed by atoms with van der Waals surface area (Å²) in [6.07, 6.45) is -1.77. The number of carbonyl (C=O) groups excluding carboxylic acids is 2. The topological polar surface area (TPSA) is 119 Å². The van der Waals surface area contributed by atoms with Gasteiger partial charge in [-0.3, -0.25) is 14.5 Å². The first-order valence-electron chi connectivity index (χ1n) is 13.5. The molecule has 2 amide bonds. The molecule has 9 nitrogen and oxygen atoms in total. The molecule has 0 bridgehead atoms. The van der Waals surface area contributed by atoms with E-state index < -0.39 is 23.6 Å². The molecule has 0 atom stereocenters. The van der Waals surface area contributed by atoms with Crippen LogP contribution in [-0.4, -0.2) is 63.3 Å². The van der Waals surface area contributed by atoms with Crippen molar-refractivity contribution in [2.75, 3.05) is 51.0 Å². The van der Waals surface area contributed by atoms with E-state index in [0.717, 1.165) is 19.2 Å². The molecule has 43 heavy (non-hydrogen) atoms. The van der Waals surface area contributed by atoms with Crippen LogP contribution >= 0.6 is 0 Å². The van der Waals surface area contributed by atoms with Crippen LogP contribution in [0.4, 0.5) is 24.5 Å². The fraction of sp³-hybridized carbons (Fsp3) is 0.258. The van der Waals surface area contributed by atoms with E-state index in [1.165, 1.54) is 37.6 Å². The van der Waals surface area contributed by atoms with Gasteiger partial charge in [0.25, 0.3) is 11.8 Å². The van der Waals surface area contributed by atoms with E-state index in [2.05, 4.69) is 21.3 Å². The van der Waals surface area contributed by atoms with Gasteiger partial charge in [0.15, 0.2) is 0 Å². The zero-order valence-electron chi connectivity index (χ0n) is 23.8. The minimum absolute atomic E-state index is 0.0114. The van der Waals surface area contributed by atoms with E-state index in [1.807, 2.05) is 4.90 Å². The molecule has 5 N–H and O–H groups in total. The van der Waals surface area contributed by atoms with Gasteiger partial charge in [0.1, 0.15) is 5.75 Å². The van der Waals surface area contributed by atoms with Crippen LogP contribution in [0.1, 0.15) is 37.4 Å². The quantitative estimate of drug-likeness (QED) is 0.215. The highest BCUT2D eigenvalue weighted by Gasteiger charge is 2.34. The predicted molar refractivity (Wildman–Crippen MR) is 161 cm³/mol. The fourth-order valence-electron chi connectivity index (χ4n) is 4.73. The molecule has 1 aliphatic rings. The molecule has 4 rings (SSSR count). The third-order valence-corrected chi connectivity index (χ3v) is 6.89. The van der Waals surface area contributed by atoms with Gasteiger partial charge >= 0.3 is 6.18 Å². The molecule has 12 heteroatoms. The molecular weight excluding hydrogens is 561 g/mol. The van der Waals surface area contributed by atoms with Crippen LogP contribution in [0.5, 0.6) is 5.75 Å². The molecular formula is C31H33F3N6O3. The van der Waals surface area contributed by atoms with E-state index in [4.69, 9.17) is 10.1 Å². The monoisotopic (exact) mass is 594 g/mol. The summed E-state index contributed by atoms with van der Waals surface area (Å²) in [5.41, 5.74) is 1.30. The number of benzene rings is 3. The number of nitrogens with one attached hydrogen (secondary N) is 5. The van der Waals surface area contributed by atoms with Crippen LogP contribution in [0, 0.1) is 5.41 Å². The van der Waals surface area contributed by atoms with Gasteiger partial charge in [-0.1, -0.05) is 18.2 Å². The molecule has 1 heterocycles. The molecule has 0 spiro atoms. The smallest absolute Gasteiger partial charge is 0.416 e. The van der Waals surface area contributed by atoms with Crippen LogP contribution in [0.25, 0.3) is 5.57 Å². The molecule has 0 unspecified atom stereocenters. The molecule has 0 radical (unpaired) electrons. The van der Waals surface area contributed by atoms with Gasteiger partial charge in [0.05, 0.1) is 18.2 Å². The molecule has 3 aromatic rings. The van der Waals surface area contributed by atoms with Crippen molar-refractivity contribution in [3.8, 4) is 5.75 Å². The number of piperazine rings is 1. The molecule has 226 valence electrons. The first-order valence-corrected chi connectivity index (χ1v) is 13.5. The lowest BCUT2D eigenvalue weighted by atomic mass is 10.0. The summed E-state index contributed by atoms with van der Waals surface area (Å²) < 4.78 is 47.1. The second-order valence-corrected chi connectivity index (χ2v) is 9.83. The van der Waals surface area contributed by atoms with E-state index in [-0.39, 0.29) is 34.7 Å². The van der Waals surface area contributed by atoms with Crippen LogP contribution in [-0.2, 0) is 12.7 Å². The number of allylic oxidation sites excluding steroid dienone is 1. The van der Waals surface area contributed by atoms with Gasteiger partial charge in [0.2, 0.25) is 0 Å². The van der Waals surface area contributed by atoms with Crippen molar-refractivity contribution >= 4 is 35.0 Å². The molecule has 1 saturated heterocycles. The highest BCUT2D eigenvalue weighted by atomic mass is 19.4. The average molecular weight is 595 g/mol. The summed E-state index contributed by atoms with van der Waals surface area (Å²) in [6, 6.07) is 14.8. The van der Waals surface area contributed by atoms with Gasteiger partial charge in [-0.05, 0) is 53.6 Å². The number of hydrogen-bond acceptors (Lipinski definition) is 7. The zero-order valence-corrected chi connectivity index (χ0v) is 23.8. The largest absolute Gasteiger partial charge is 0.496 e. The zero-order chi connectivity index (χ0) is 31.0. The standard InChI is InChI=1S/C31H33F3N6O3/c1-36-18-23(17-35)20-7-9-26(28(15-20)43-2)30(42)39-24-5-3-4-21(14-24)29(41)38-25-8-6-22(27(16-25)31(32,33)34)19-40-12-10-37-11-13-40/h3-9,14-18,35-37H,10-13,19H2,1-2H3,(H,38,41)(H,39,42)/b23-18+,35-17?. The molecule has 1 aliphatic heterocycles. The molecule has 3 aromatic carbocycles. The van der Waals surface area contributed by atoms with Crippen LogP contribution in [0.3, 0.4) is 0 Å². The van der Waals surface area contributed by atoms with Crippen molar-refractivity contribution in [1.82, 2.24) is 15.5 Å². The lowest BCUT2D eigenvalue weighted by molar-refractivity contribution is -0.138. The Bertz CT molecular complexity index is 1520. The first-order chi connectivity index (χ1) is 20.6. The van der Waals surface area contributed by atoms with Crippen molar-refractivity contribution in [2.24, 2.45) is 0 Å². The summed E-state index contributed by atoms with van der Waals surface area (Å²) in [5.74, 6) is -0.838. The third-order valence-electron chi connectivity index (χ3n) is 6.89. The van der Waals surface area contributed by atoms with Crippen molar-refractivity contribution in [3.63, 3.8) is 0 Å². The maximum absolute atomic E-state index is 13.9. The second-order valence-electron chi connectivity index (χ2n) is 9.83. The minimum Gasteiger partial charge on any atom is -0.496 e. The summed E-state index contributed by atoms with van der Waals surface area (Å²) in [5, 5.41) is 18.9. The van der Waals surface area contributed by atoms with Crippen molar-refractivity contribution in [2.45, 2.75) is 12.7 Å². The predicted octanol–water partition coefficient (Wildman–Crippen LogP) is 4.83. The number of halogens is 3. The summed E-state index contributed by atoms with van der Waals surface area (Å²) in [4.78, 5) is 28.0. The van der Waals surface area contributed by atoms with E-state index in [1.54, 1.807) is 43.6 Å². The van der Waals surface area contributed by atoms with Gasteiger partial charge < -0.3 is 31.4 Å². The highest BCUT2D eigenvalue weighted by Crippen LogP contribution is 2.35. The van der Waals surface area contributed by atoms with E-state index in [9.17, 15) is 22.8 Å². The number of amides is 2. The second kappa shape index (κ2) is 14.0. The van der Waals surface area contributed by atoms with Crippen LogP contribution in [0.15, 0.2) is 66.9 Å². The van der Waals surface area contributed by atoms with Gasteiger partial charge in [-0.25, -0.2) is 0 Å². The number of ether oxygens (including phenoxy) is 1. The highest BCUT2D eigenvalue weighted by molar-refractivity contribution is 6.11. The Labute approximate surface area is 247 Å². The number of rotatable bonds is 10. The average Bonchev–Trinajstić information content (AvgIpc) is 3.00. The summed E-state index contributed by atoms with van der Waals surface area (Å²) in [6.45, 7) is 2.91. The van der Waals surface area contributed by atoms with Gasteiger partial charge in [-0.2, -0.15) is 13.2 Å². The van der Waals surface area contributed by atoms with E-state index >= 15 is 0 Å². The maximum Gasteiger partial charge on any atom is 0.416 e. The Morgan fingerprint density at radius 3 is 2.37 bits per heavy atom. The Hall–Kier alpha value is -4.68. The van der Waals surface area contributed by atoms with Gasteiger partial charge in [0, 0.05) is 74.7 Å². The van der Waals surface area contributed by atoms with Crippen molar-refractivity contribution in [3.05, 3.63) is 94.7 Å². The van der Waals surface area contributed by atoms with Crippen molar-refractivity contribution in [1.29, 1.82) is 5.41 Å². The number of hydrogen-bond donors (Lipinski definition) is 5. The Kier molecular flexibility index (Phi) is 10.2. The molecule has 0 aromatic heterocycles. The van der Waals surface area contributed by atoms with E-state index in [0.29, 0.717) is 29.9 Å². The third kappa shape index (κ3) is 7.99. The van der Waals surface area contributed by atoms with Gasteiger partial charge in [-0.15, -0.1) is 0 Å². The summed E-state index contributed by atoms with van der Waals surface area (Å²) in [7, 11) is 3.14. The summed E-state index contributed by atoms with van der Waals surface area (Å²) >= 11 is 0. The van der Waals surface area contributed by atoms with Crippen molar-refractivity contribution < 1.29 is 27.5 Å². The number of methoxy groups -OCH3 is 1. The number of nitrogens with zero attached hydrogens (tertiary/aromatic N) is 1. The fourth-order valence-corrected chi connectivity index (χ4v) is 4.73. The molecule has 1 fully saturated rings.